The number of esters is 2. The largest absolute Gasteiger partial charge is 0.480 e. The Labute approximate surface area is 543 Å². The number of allylic oxidation sites excluding steroid dienone is 6. The van der Waals surface area contributed by atoms with E-state index in [0.29, 0.717) is 88.0 Å². The fourth-order valence-electron chi connectivity index (χ4n) is 13.4. The average molecular weight is 1290 g/mol. The molecular formula is C69H103N5O18. The van der Waals surface area contributed by atoms with Gasteiger partial charge in [0.1, 0.15) is 42.3 Å². The molecular weight excluding hydrogens is 1190 g/mol. The second kappa shape index (κ2) is 36.0. The van der Waals surface area contributed by atoms with E-state index in [2.05, 4.69) is 9.97 Å². The summed E-state index contributed by atoms with van der Waals surface area (Å²) in [7, 11) is 4.47. The topological polar surface area (TPSA) is 297 Å². The number of piperazine rings is 1. The summed E-state index contributed by atoms with van der Waals surface area (Å²) in [6.45, 7) is 15.8. The highest BCUT2D eigenvalue weighted by atomic mass is 16.6. The SMILES string of the molecule is CCCOCCC(=O)N1CCN(c2ncc(CCC(=O)O[C@@H]3CC[C@@H](C[C@@H](C)[C@@H]4CC(=O)[C@H](C)/C=C(\C)[C@@H](O)[C@@H](OC)C(=O)[C@H](C)C[C@H](C)/C=C/C=C/C=C(\C)[C@@H](OC)C[C@@H]5CC[C@@H](C)[C@@](O)(O5)C(=O)C(=O)N5CCCC[C@H]5C(=O)O4)C[C@H]3OC)cn2)C[C@@H]1C(=O)O. The van der Waals surface area contributed by atoms with E-state index in [9.17, 15) is 53.7 Å². The lowest BCUT2D eigenvalue weighted by Gasteiger charge is -2.42. The van der Waals surface area contributed by atoms with Crippen LogP contribution in [-0.4, -0.2) is 203 Å². The van der Waals surface area contributed by atoms with Crippen LogP contribution in [0.4, 0.5) is 5.95 Å². The summed E-state index contributed by atoms with van der Waals surface area (Å²) in [5.74, 6) is -10.3. The van der Waals surface area contributed by atoms with Crippen LogP contribution in [0, 0.1) is 35.5 Å². The molecule has 512 valence electrons. The number of ketones is 3. The number of aromatic nitrogens is 2. The quantitative estimate of drug-likeness (QED) is 0.0608. The zero-order valence-corrected chi connectivity index (χ0v) is 56.0. The number of Topliss-reactive ketones (excluding diaryl/α,β-unsaturated/α-hetero) is 3. The van der Waals surface area contributed by atoms with E-state index in [4.69, 9.17) is 33.2 Å². The molecule has 4 aliphatic heterocycles. The maximum atomic E-state index is 14.7. The summed E-state index contributed by atoms with van der Waals surface area (Å²) in [4.78, 5) is 124. The summed E-state index contributed by atoms with van der Waals surface area (Å²) in [6.07, 6.45) is 14.2. The molecule has 1 aromatic heterocycles. The van der Waals surface area contributed by atoms with Crippen molar-refractivity contribution in [2.75, 3.05) is 65.6 Å². The minimum absolute atomic E-state index is 0.00631. The van der Waals surface area contributed by atoms with E-state index in [1.807, 2.05) is 58.1 Å². The fourth-order valence-corrected chi connectivity index (χ4v) is 13.4. The molecule has 1 saturated carbocycles. The van der Waals surface area contributed by atoms with Crippen molar-refractivity contribution in [2.24, 2.45) is 35.5 Å². The predicted molar refractivity (Wildman–Crippen MR) is 340 cm³/mol. The number of hydrogen-bond donors (Lipinski definition) is 3. The van der Waals surface area contributed by atoms with Crippen LogP contribution in [0.5, 0.6) is 0 Å². The van der Waals surface area contributed by atoms with Crippen molar-refractivity contribution in [1.82, 2.24) is 19.8 Å². The number of aliphatic hydroxyl groups excluding tert-OH is 1. The van der Waals surface area contributed by atoms with Gasteiger partial charge in [-0.05, 0) is 125 Å². The average Bonchev–Trinajstić information content (AvgIpc) is 0.792. The Morgan fingerprint density at radius 3 is 2.25 bits per heavy atom. The van der Waals surface area contributed by atoms with Gasteiger partial charge in [-0.25, -0.2) is 19.6 Å². The van der Waals surface area contributed by atoms with Crippen LogP contribution in [0.2, 0.25) is 0 Å². The van der Waals surface area contributed by atoms with Gasteiger partial charge in [0.05, 0.1) is 37.9 Å². The standard InChI is InChI=1S/C69H103N5O18/c1-12-31-89-32-27-59(76)73-30-29-72(41-53(73)66(82)83)68-70-39-50(40-71-68)23-26-60(77)90-55-25-22-49(36-58(55)87-10)35-45(5)57-38-54(75)44(4)34-47(7)62(79)63(88-11)61(78)46(6)33-42(2)18-14-13-15-19-43(3)56(86-9)37-51-24-21-48(8)69(85,92-51)64(80)65(81)74-28-17-16-20-52(74)67(84)91-57/h13-15,18-19,34,39-40,42,44-46,48-49,51-53,55-58,62-63,79,85H,12,16-17,20-33,35-38,41H2,1-11H3,(H,82,83)/b15-13+,18-14+,43-19+,47-34+/t42-,44-,45-,46-,48-,49+,51+,52+,53-,55-,56+,57+,58-,62-,63+,69-/m1/s1. The minimum Gasteiger partial charge on any atom is -0.480 e. The Balaban J connectivity index is 1.15. The van der Waals surface area contributed by atoms with Gasteiger partial charge in [0.15, 0.2) is 5.78 Å². The van der Waals surface area contributed by atoms with Crippen molar-refractivity contribution >= 4 is 53.0 Å². The number of aryl methyl sites for hydroxylation is 1. The third-order valence-corrected chi connectivity index (χ3v) is 19.1. The summed E-state index contributed by atoms with van der Waals surface area (Å²) in [5.41, 5.74) is 1.86. The first-order valence-electron chi connectivity index (χ1n) is 33.2. The highest BCUT2D eigenvalue weighted by Gasteiger charge is 2.53. The van der Waals surface area contributed by atoms with Crippen molar-refractivity contribution in [3.63, 3.8) is 0 Å². The molecule has 0 spiro atoms. The van der Waals surface area contributed by atoms with E-state index < -0.39 is 114 Å². The Kier molecular flexibility index (Phi) is 29.3. The zero-order chi connectivity index (χ0) is 67.4. The molecule has 23 nitrogen and oxygen atoms in total. The number of carboxylic acids is 1. The maximum Gasteiger partial charge on any atom is 0.329 e. The van der Waals surface area contributed by atoms with Crippen LogP contribution >= 0.6 is 0 Å². The Morgan fingerprint density at radius 1 is 0.826 bits per heavy atom. The normalized spacial score (nSPS) is 33.7. The number of hydrogen-bond acceptors (Lipinski definition) is 20. The van der Waals surface area contributed by atoms with Gasteiger partial charge >= 0.3 is 17.9 Å². The molecule has 16 atom stereocenters. The number of piperidine rings is 1. The first-order valence-corrected chi connectivity index (χ1v) is 33.2. The van der Waals surface area contributed by atoms with Gasteiger partial charge < -0.3 is 63.2 Å². The van der Waals surface area contributed by atoms with Crippen LogP contribution in [0.1, 0.15) is 157 Å². The highest BCUT2D eigenvalue weighted by molar-refractivity contribution is 6.39. The smallest absolute Gasteiger partial charge is 0.329 e. The summed E-state index contributed by atoms with van der Waals surface area (Å²) >= 11 is 0. The second-order valence-corrected chi connectivity index (χ2v) is 26.2. The van der Waals surface area contributed by atoms with E-state index in [-0.39, 0.29) is 94.1 Å². The van der Waals surface area contributed by atoms with Crippen LogP contribution in [0.3, 0.4) is 0 Å². The first kappa shape index (κ1) is 75.0. The monoisotopic (exact) mass is 1290 g/mol. The number of aliphatic carboxylic acids is 1. The van der Waals surface area contributed by atoms with Crippen molar-refractivity contribution < 1.29 is 86.8 Å². The van der Waals surface area contributed by atoms with Gasteiger partial charge in [-0.1, -0.05) is 78.0 Å². The third-order valence-electron chi connectivity index (χ3n) is 19.1. The lowest BCUT2D eigenvalue weighted by molar-refractivity contribution is -0.265. The fraction of sp³-hybridized carbons (Fsp3) is 0.710. The lowest BCUT2D eigenvalue weighted by atomic mass is 9.78. The van der Waals surface area contributed by atoms with Crippen molar-refractivity contribution in [1.29, 1.82) is 0 Å². The number of carboxylic acid groups (broad SMARTS) is 1. The van der Waals surface area contributed by atoms with Crippen LogP contribution in [-0.2, 0) is 77.9 Å². The van der Waals surface area contributed by atoms with Crippen molar-refractivity contribution in [3.05, 3.63) is 65.6 Å². The Bertz CT molecular complexity index is 2790. The number of nitrogens with zero attached hydrogens (tertiary/aromatic N) is 5. The van der Waals surface area contributed by atoms with E-state index >= 15 is 0 Å². The number of carbonyl (C=O) groups excluding carboxylic acids is 7. The molecule has 5 heterocycles. The van der Waals surface area contributed by atoms with Crippen LogP contribution in [0.15, 0.2) is 60.0 Å². The molecule has 0 unspecified atom stereocenters. The molecule has 0 aromatic carbocycles. The van der Waals surface area contributed by atoms with E-state index in [1.165, 1.54) is 16.9 Å². The molecule has 2 amide bonds. The lowest BCUT2D eigenvalue weighted by Crippen LogP contribution is -2.61. The van der Waals surface area contributed by atoms with E-state index in [1.54, 1.807) is 65.3 Å². The molecule has 1 aromatic rings. The second-order valence-electron chi connectivity index (χ2n) is 26.2. The summed E-state index contributed by atoms with van der Waals surface area (Å²) in [5, 5.41) is 33.7. The van der Waals surface area contributed by atoms with Crippen molar-refractivity contribution in [3.8, 4) is 0 Å². The summed E-state index contributed by atoms with van der Waals surface area (Å²) < 4.78 is 41.5. The molecule has 3 N–H and O–H groups in total. The number of fused-ring (bicyclic) bond motifs is 3. The van der Waals surface area contributed by atoms with Crippen molar-refractivity contribution in [2.45, 2.75) is 219 Å². The number of aliphatic hydroxyl groups is 2. The Morgan fingerprint density at radius 2 is 1.57 bits per heavy atom. The number of cyclic esters (lactones) is 1. The van der Waals surface area contributed by atoms with Gasteiger partial charge in [0.25, 0.3) is 11.7 Å². The van der Waals surface area contributed by atoms with Gasteiger partial charge in [-0.2, -0.15) is 0 Å². The highest BCUT2D eigenvalue weighted by Crippen LogP contribution is 2.38. The van der Waals surface area contributed by atoms with Gasteiger partial charge in [-0.3, -0.25) is 28.8 Å². The number of amides is 2. The van der Waals surface area contributed by atoms with Gasteiger partial charge in [0.2, 0.25) is 17.6 Å². The van der Waals surface area contributed by atoms with Crippen LogP contribution < -0.4 is 4.90 Å². The molecule has 0 radical (unpaired) electrons. The number of carbonyl (C=O) groups is 8. The zero-order valence-electron chi connectivity index (χ0n) is 56.0. The molecule has 2 bridgehead atoms. The first-order chi connectivity index (χ1) is 43.8. The number of anilines is 1. The maximum absolute atomic E-state index is 14.7. The number of methoxy groups -OCH3 is 3. The molecule has 23 heteroatoms. The molecule has 6 rings (SSSR count). The molecule has 1 aliphatic carbocycles. The molecule has 5 aliphatic rings. The van der Waals surface area contributed by atoms with Gasteiger partial charge in [-0.15, -0.1) is 0 Å². The number of ether oxygens (including phenoxy) is 7. The summed E-state index contributed by atoms with van der Waals surface area (Å²) in [6, 6.07) is -2.30. The van der Waals surface area contributed by atoms with E-state index in [0.717, 1.165) is 12.0 Å². The molecule has 3 saturated heterocycles. The predicted octanol–water partition coefficient (Wildman–Crippen LogP) is 7.07. The number of rotatable bonds is 17. The minimum atomic E-state index is -2.48. The molecule has 4 fully saturated rings. The van der Waals surface area contributed by atoms with Crippen LogP contribution in [0.25, 0.3) is 0 Å². The third kappa shape index (κ3) is 20.5. The van der Waals surface area contributed by atoms with Gasteiger partial charge in [0, 0.05) is 97.0 Å². The Hall–Kier alpha value is -6.08. The molecule has 92 heavy (non-hydrogen) atoms.